The minimum atomic E-state index is -0.309. The quantitative estimate of drug-likeness (QED) is 0.811. The molecule has 7 heteroatoms. The summed E-state index contributed by atoms with van der Waals surface area (Å²) in [5, 5.41) is 0.679. The van der Waals surface area contributed by atoms with Crippen molar-refractivity contribution in [2.45, 2.75) is 25.5 Å². The molecule has 2 saturated heterocycles. The molecule has 0 bridgehead atoms. The highest BCUT2D eigenvalue weighted by Gasteiger charge is 2.48. The van der Waals surface area contributed by atoms with Crippen LogP contribution in [-0.2, 0) is 11.2 Å². The van der Waals surface area contributed by atoms with E-state index in [-0.39, 0.29) is 24.1 Å². The minimum absolute atomic E-state index is 0.0808. The van der Waals surface area contributed by atoms with Crippen LogP contribution in [0, 0.1) is 6.92 Å². The predicted octanol–water partition coefficient (Wildman–Crippen LogP) is 2.93. The summed E-state index contributed by atoms with van der Waals surface area (Å²) in [6, 6.07) is 11.1. The molecular weight excluding hydrogens is 366 g/mol. The largest absolute Gasteiger partial charge is 0.442 e. The first-order chi connectivity index (χ1) is 13.0. The lowest BCUT2D eigenvalue weighted by Gasteiger charge is -2.22. The van der Waals surface area contributed by atoms with Gasteiger partial charge < -0.3 is 9.64 Å². The number of pyridine rings is 1. The number of carbonyl (C=O) groups excluding carboxylic acids is 2. The fourth-order valence-corrected chi connectivity index (χ4v) is 3.86. The van der Waals surface area contributed by atoms with Crippen LogP contribution >= 0.6 is 11.6 Å². The SMILES string of the molecule is Cc1ccc(C(=O)N2C[C@@H]3OC(=O)N(CCc4cccc(Cl)c4)[C@@H]3C2)cn1. The van der Waals surface area contributed by atoms with Crippen molar-refractivity contribution in [3.63, 3.8) is 0 Å². The van der Waals surface area contributed by atoms with E-state index < -0.39 is 0 Å². The van der Waals surface area contributed by atoms with Gasteiger partial charge in [0.25, 0.3) is 5.91 Å². The average molecular weight is 386 g/mol. The maximum Gasteiger partial charge on any atom is 0.410 e. The smallest absolute Gasteiger partial charge is 0.410 e. The van der Waals surface area contributed by atoms with Crippen LogP contribution in [0.25, 0.3) is 0 Å². The first-order valence-corrected chi connectivity index (χ1v) is 9.33. The van der Waals surface area contributed by atoms with Crippen molar-refractivity contribution < 1.29 is 14.3 Å². The molecule has 0 N–H and O–H groups in total. The number of halogens is 1. The molecule has 0 unspecified atom stereocenters. The van der Waals surface area contributed by atoms with Gasteiger partial charge in [-0.25, -0.2) is 4.79 Å². The number of likely N-dealkylation sites (tertiary alicyclic amines) is 1. The molecule has 0 radical (unpaired) electrons. The van der Waals surface area contributed by atoms with E-state index in [0.717, 1.165) is 11.3 Å². The second-order valence-electron chi connectivity index (χ2n) is 6.96. The van der Waals surface area contributed by atoms with E-state index in [2.05, 4.69) is 4.98 Å². The summed E-state index contributed by atoms with van der Waals surface area (Å²) in [6.45, 7) is 3.30. The van der Waals surface area contributed by atoms with Crippen LogP contribution in [0.1, 0.15) is 21.6 Å². The van der Waals surface area contributed by atoms with Gasteiger partial charge in [0, 0.05) is 30.0 Å². The van der Waals surface area contributed by atoms with Gasteiger partial charge in [-0.3, -0.25) is 14.7 Å². The van der Waals surface area contributed by atoms with Crippen LogP contribution in [0.2, 0.25) is 5.02 Å². The Morgan fingerprint density at radius 1 is 1.30 bits per heavy atom. The lowest BCUT2D eigenvalue weighted by atomic mass is 10.1. The third-order valence-corrected chi connectivity index (χ3v) is 5.34. The molecule has 1 aromatic carbocycles. The van der Waals surface area contributed by atoms with Crippen LogP contribution in [0.5, 0.6) is 0 Å². The van der Waals surface area contributed by atoms with E-state index in [9.17, 15) is 9.59 Å². The Bertz CT molecular complexity index is 871. The Kier molecular flexibility index (Phi) is 4.74. The number of nitrogens with zero attached hydrogens (tertiary/aromatic N) is 3. The van der Waals surface area contributed by atoms with Crippen LogP contribution in [0.4, 0.5) is 4.79 Å². The molecule has 140 valence electrons. The Morgan fingerprint density at radius 2 is 2.15 bits per heavy atom. The first kappa shape index (κ1) is 17.8. The number of hydrogen-bond donors (Lipinski definition) is 0. The summed E-state index contributed by atoms with van der Waals surface area (Å²) in [4.78, 5) is 32.6. The van der Waals surface area contributed by atoms with E-state index in [0.29, 0.717) is 36.6 Å². The van der Waals surface area contributed by atoms with Crippen molar-refractivity contribution in [3.8, 4) is 0 Å². The number of aromatic nitrogens is 1. The van der Waals surface area contributed by atoms with Crippen molar-refractivity contribution in [1.82, 2.24) is 14.8 Å². The number of aryl methyl sites for hydroxylation is 1. The molecule has 1 aromatic heterocycles. The number of carbonyl (C=O) groups is 2. The topological polar surface area (TPSA) is 62.7 Å². The summed E-state index contributed by atoms with van der Waals surface area (Å²) in [5.41, 5.74) is 2.48. The normalized spacial score (nSPS) is 21.3. The summed E-state index contributed by atoms with van der Waals surface area (Å²) in [5.74, 6) is -0.0808. The molecule has 2 fully saturated rings. The second kappa shape index (κ2) is 7.19. The highest BCUT2D eigenvalue weighted by Crippen LogP contribution is 2.28. The predicted molar refractivity (Wildman–Crippen MR) is 101 cm³/mol. The molecule has 2 aliphatic heterocycles. The number of fused-ring (bicyclic) bond motifs is 1. The van der Waals surface area contributed by atoms with Crippen LogP contribution in [0.3, 0.4) is 0 Å². The number of benzene rings is 1. The van der Waals surface area contributed by atoms with Crippen molar-refractivity contribution in [1.29, 1.82) is 0 Å². The van der Waals surface area contributed by atoms with Crippen molar-refractivity contribution in [2.24, 2.45) is 0 Å². The maximum absolute atomic E-state index is 12.7. The standard InChI is InChI=1S/C20H20ClN3O3/c1-13-5-6-15(10-22-13)19(25)23-11-17-18(12-23)27-20(26)24(17)8-7-14-3-2-4-16(21)9-14/h2-6,9-10,17-18H,7-8,11-12H2,1H3/t17-,18+/m1/s1. The Morgan fingerprint density at radius 3 is 2.89 bits per heavy atom. The molecule has 27 heavy (non-hydrogen) atoms. The number of hydrogen-bond acceptors (Lipinski definition) is 4. The van der Waals surface area contributed by atoms with Gasteiger partial charge in [-0.1, -0.05) is 23.7 Å². The third kappa shape index (κ3) is 3.62. The van der Waals surface area contributed by atoms with E-state index >= 15 is 0 Å². The molecule has 2 aliphatic rings. The number of rotatable bonds is 4. The molecule has 2 amide bonds. The van der Waals surface area contributed by atoms with Gasteiger partial charge in [0.05, 0.1) is 18.2 Å². The molecule has 0 saturated carbocycles. The van der Waals surface area contributed by atoms with Crippen LogP contribution < -0.4 is 0 Å². The summed E-state index contributed by atoms with van der Waals surface area (Å²) in [7, 11) is 0. The zero-order chi connectivity index (χ0) is 19.0. The summed E-state index contributed by atoms with van der Waals surface area (Å²) < 4.78 is 5.50. The van der Waals surface area contributed by atoms with Gasteiger partial charge in [-0.05, 0) is 43.2 Å². The monoisotopic (exact) mass is 385 g/mol. The fraction of sp³-hybridized carbons (Fsp3) is 0.350. The number of amides is 2. The Balaban J connectivity index is 1.42. The van der Waals surface area contributed by atoms with Crippen LogP contribution in [0.15, 0.2) is 42.6 Å². The minimum Gasteiger partial charge on any atom is -0.442 e. The molecule has 0 spiro atoms. The van der Waals surface area contributed by atoms with Gasteiger partial charge in [0.1, 0.15) is 6.10 Å². The highest BCUT2D eigenvalue weighted by molar-refractivity contribution is 6.30. The van der Waals surface area contributed by atoms with Gasteiger partial charge in [-0.2, -0.15) is 0 Å². The Labute approximate surface area is 162 Å². The van der Waals surface area contributed by atoms with E-state index in [1.165, 1.54) is 0 Å². The zero-order valence-electron chi connectivity index (χ0n) is 15.0. The Hall–Kier alpha value is -2.60. The molecule has 3 heterocycles. The van der Waals surface area contributed by atoms with Crippen molar-refractivity contribution in [3.05, 3.63) is 64.4 Å². The highest BCUT2D eigenvalue weighted by atomic mass is 35.5. The van der Waals surface area contributed by atoms with Gasteiger partial charge in [-0.15, -0.1) is 0 Å². The summed E-state index contributed by atoms with van der Waals surface area (Å²) in [6.07, 6.45) is 1.69. The second-order valence-corrected chi connectivity index (χ2v) is 7.40. The molecule has 4 rings (SSSR count). The maximum atomic E-state index is 12.7. The van der Waals surface area contributed by atoms with Crippen molar-refractivity contribution >= 4 is 23.6 Å². The van der Waals surface area contributed by atoms with Gasteiger partial charge in [0.15, 0.2) is 0 Å². The van der Waals surface area contributed by atoms with Crippen molar-refractivity contribution in [2.75, 3.05) is 19.6 Å². The van der Waals surface area contributed by atoms with Crippen LogP contribution in [-0.4, -0.2) is 58.6 Å². The first-order valence-electron chi connectivity index (χ1n) is 8.95. The molecule has 0 aliphatic carbocycles. The fourth-order valence-electron chi connectivity index (χ4n) is 3.65. The number of ether oxygens (including phenoxy) is 1. The van der Waals surface area contributed by atoms with Gasteiger partial charge >= 0.3 is 6.09 Å². The van der Waals surface area contributed by atoms with Gasteiger partial charge in [0.2, 0.25) is 0 Å². The summed E-state index contributed by atoms with van der Waals surface area (Å²) >= 11 is 6.03. The lowest BCUT2D eigenvalue weighted by Crippen LogP contribution is -2.40. The third-order valence-electron chi connectivity index (χ3n) is 5.10. The van der Waals surface area contributed by atoms with E-state index in [4.69, 9.17) is 16.3 Å². The molecule has 2 aromatic rings. The molecular formula is C20H20ClN3O3. The molecule has 6 nitrogen and oxygen atoms in total. The zero-order valence-corrected chi connectivity index (χ0v) is 15.7. The lowest BCUT2D eigenvalue weighted by molar-refractivity contribution is 0.0728. The van der Waals surface area contributed by atoms with E-state index in [1.54, 1.807) is 22.1 Å². The van der Waals surface area contributed by atoms with E-state index in [1.807, 2.05) is 37.3 Å². The average Bonchev–Trinajstić information content (AvgIpc) is 3.17. The molecule has 2 atom stereocenters.